The Morgan fingerprint density at radius 3 is 2.00 bits per heavy atom. The van der Waals surface area contributed by atoms with E-state index in [1.165, 1.54) is 5.56 Å². The average Bonchev–Trinajstić information content (AvgIpc) is 2.69. The second-order valence-electron chi connectivity index (χ2n) is 6.56. The van der Waals surface area contributed by atoms with Gasteiger partial charge in [0.25, 0.3) is 0 Å². The lowest BCUT2D eigenvalue weighted by atomic mass is 10.0. The van der Waals surface area contributed by atoms with Crippen LogP contribution in [0.25, 0.3) is 0 Å². The molecule has 100 valence electrons. The summed E-state index contributed by atoms with van der Waals surface area (Å²) in [4.78, 5) is 0. The fourth-order valence-corrected chi connectivity index (χ4v) is 3.22. The third-order valence-corrected chi connectivity index (χ3v) is 5.60. The van der Waals surface area contributed by atoms with Gasteiger partial charge in [0.15, 0.2) is 0 Å². The Labute approximate surface area is 119 Å². The maximum absolute atomic E-state index is 3.84. The van der Waals surface area contributed by atoms with Gasteiger partial charge in [0.05, 0.1) is 0 Å². The highest BCUT2D eigenvalue weighted by Crippen LogP contribution is 2.63. The van der Waals surface area contributed by atoms with Crippen LogP contribution in [-0.4, -0.2) is 6.04 Å². The third-order valence-electron chi connectivity index (χ3n) is 5.07. The second-order valence-corrected chi connectivity index (χ2v) is 7.47. The van der Waals surface area contributed by atoms with Gasteiger partial charge in [-0.15, -0.1) is 0 Å². The first kappa shape index (κ1) is 14.1. The van der Waals surface area contributed by atoms with Crippen LogP contribution >= 0.6 is 15.9 Å². The van der Waals surface area contributed by atoms with E-state index >= 15 is 0 Å². The van der Waals surface area contributed by atoms with Crippen LogP contribution in [0, 0.1) is 10.8 Å². The minimum absolute atomic E-state index is 0.399. The van der Waals surface area contributed by atoms with Crippen molar-refractivity contribution < 1.29 is 0 Å². The van der Waals surface area contributed by atoms with Crippen LogP contribution in [0.4, 0.5) is 0 Å². The first-order valence-corrected chi connectivity index (χ1v) is 7.61. The highest BCUT2D eigenvalue weighted by Gasteiger charge is 2.64. The molecular formula is C16H24BrN. The molecule has 1 saturated carbocycles. The molecule has 0 amide bonds. The Hall–Kier alpha value is -0.340. The van der Waals surface area contributed by atoms with Gasteiger partial charge in [-0.05, 0) is 34.9 Å². The number of hydrogen-bond donors (Lipinski definition) is 1. The van der Waals surface area contributed by atoms with Crippen LogP contribution in [0.2, 0.25) is 0 Å². The predicted molar refractivity (Wildman–Crippen MR) is 81.7 cm³/mol. The molecule has 1 unspecified atom stereocenters. The molecule has 1 aromatic rings. The van der Waals surface area contributed by atoms with Gasteiger partial charge in [-0.3, -0.25) is 0 Å². The van der Waals surface area contributed by atoms with Crippen molar-refractivity contribution in [2.45, 2.75) is 53.1 Å². The van der Waals surface area contributed by atoms with Crippen LogP contribution in [0.3, 0.4) is 0 Å². The Bertz CT molecular complexity index is 405. The van der Waals surface area contributed by atoms with Crippen molar-refractivity contribution in [3.63, 3.8) is 0 Å². The number of halogens is 1. The molecule has 0 spiro atoms. The first-order valence-electron chi connectivity index (χ1n) is 6.82. The summed E-state index contributed by atoms with van der Waals surface area (Å²) in [5, 5.41) is 3.84. The van der Waals surface area contributed by atoms with Gasteiger partial charge in [0, 0.05) is 16.6 Å². The summed E-state index contributed by atoms with van der Waals surface area (Å²) in [5.74, 6) is 0. The number of hydrogen-bond acceptors (Lipinski definition) is 1. The van der Waals surface area contributed by atoms with Crippen LogP contribution in [0.1, 0.15) is 52.6 Å². The molecule has 0 heterocycles. The Kier molecular flexibility index (Phi) is 3.63. The van der Waals surface area contributed by atoms with E-state index in [4.69, 9.17) is 0 Å². The summed E-state index contributed by atoms with van der Waals surface area (Å²) in [5.41, 5.74) is 2.19. The largest absolute Gasteiger partial charge is 0.306 e. The molecule has 0 aromatic heterocycles. The van der Waals surface area contributed by atoms with Crippen LogP contribution in [0.5, 0.6) is 0 Å². The minimum Gasteiger partial charge on any atom is -0.306 e. The molecule has 2 heteroatoms. The highest BCUT2D eigenvalue weighted by atomic mass is 79.9. The molecule has 0 saturated heterocycles. The summed E-state index contributed by atoms with van der Waals surface area (Å²) in [6.07, 6.45) is 1.13. The van der Waals surface area contributed by atoms with E-state index in [1.54, 1.807) is 0 Å². The first-order chi connectivity index (χ1) is 8.30. The average molecular weight is 310 g/mol. The maximum atomic E-state index is 3.84. The zero-order valence-electron chi connectivity index (χ0n) is 12.0. The molecule has 1 N–H and O–H groups in total. The fraction of sp³-hybridized carbons (Fsp3) is 0.625. The Morgan fingerprint density at radius 1 is 1.11 bits per heavy atom. The van der Waals surface area contributed by atoms with Gasteiger partial charge in [-0.1, -0.05) is 62.7 Å². The molecule has 0 aliphatic heterocycles. The van der Waals surface area contributed by atoms with E-state index in [2.05, 4.69) is 80.1 Å². The standard InChI is InChI=1S/C16H24BrN/c1-6-13(11-7-9-12(17)10-8-11)18-14-15(2,3)16(14,4)5/h7-10,13-14,18H,6H2,1-5H3. The van der Waals surface area contributed by atoms with E-state index < -0.39 is 0 Å². The summed E-state index contributed by atoms with van der Waals surface area (Å²) in [6.45, 7) is 11.7. The fourth-order valence-electron chi connectivity index (χ4n) is 2.96. The van der Waals surface area contributed by atoms with Crippen molar-refractivity contribution in [2.24, 2.45) is 10.8 Å². The van der Waals surface area contributed by atoms with Crippen molar-refractivity contribution in [1.82, 2.24) is 5.32 Å². The van der Waals surface area contributed by atoms with E-state index in [9.17, 15) is 0 Å². The molecule has 1 aliphatic carbocycles. The Balaban J connectivity index is 2.10. The quantitative estimate of drug-likeness (QED) is 0.832. The molecule has 2 rings (SSSR count). The number of rotatable bonds is 4. The van der Waals surface area contributed by atoms with Crippen molar-refractivity contribution >= 4 is 15.9 Å². The van der Waals surface area contributed by atoms with E-state index in [0.29, 0.717) is 22.9 Å². The van der Waals surface area contributed by atoms with Gasteiger partial charge in [-0.2, -0.15) is 0 Å². The van der Waals surface area contributed by atoms with Crippen molar-refractivity contribution in [2.75, 3.05) is 0 Å². The lowest BCUT2D eigenvalue weighted by Crippen LogP contribution is -2.27. The molecule has 18 heavy (non-hydrogen) atoms. The maximum Gasteiger partial charge on any atom is 0.0320 e. The molecule has 1 nitrogen and oxygen atoms in total. The van der Waals surface area contributed by atoms with Crippen molar-refractivity contribution in [1.29, 1.82) is 0 Å². The molecule has 1 fully saturated rings. The molecule has 1 atom stereocenters. The number of nitrogens with one attached hydrogen (secondary N) is 1. The van der Waals surface area contributed by atoms with Gasteiger partial charge in [0.2, 0.25) is 0 Å². The molecule has 0 radical (unpaired) electrons. The van der Waals surface area contributed by atoms with Gasteiger partial charge in [0.1, 0.15) is 0 Å². The smallest absolute Gasteiger partial charge is 0.0320 e. The van der Waals surface area contributed by atoms with E-state index in [-0.39, 0.29) is 0 Å². The van der Waals surface area contributed by atoms with Crippen LogP contribution in [0.15, 0.2) is 28.7 Å². The Morgan fingerprint density at radius 2 is 1.61 bits per heavy atom. The molecule has 0 bridgehead atoms. The zero-order valence-corrected chi connectivity index (χ0v) is 13.6. The predicted octanol–water partition coefficient (Wildman–Crippen LogP) is 4.92. The van der Waals surface area contributed by atoms with E-state index in [1.807, 2.05) is 0 Å². The van der Waals surface area contributed by atoms with E-state index in [0.717, 1.165) is 10.9 Å². The molecule has 1 aromatic carbocycles. The SMILES string of the molecule is CCC(NC1C(C)(C)C1(C)C)c1ccc(Br)cc1. The lowest BCUT2D eigenvalue weighted by molar-refractivity contribution is 0.457. The van der Waals surface area contributed by atoms with Crippen LogP contribution < -0.4 is 5.32 Å². The lowest BCUT2D eigenvalue weighted by Gasteiger charge is -2.19. The monoisotopic (exact) mass is 309 g/mol. The highest BCUT2D eigenvalue weighted by molar-refractivity contribution is 9.10. The van der Waals surface area contributed by atoms with Gasteiger partial charge >= 0.3 is 0 Å². The van der Waals surface area contributed by atoms with Gasteiger partial charge in [-0.25, -0.2) is 0 Å². The summed E-state index contributed by atoms with van der Waals surface area (Å²) >= 11 is 3.50. The topological polar surface area (TPSA) is 12.0 Å². The summed E-state index contributed by atoms with van der Waals surface area (Å²) in [7, 11) is 0. The summed E-state index contributed by atoms with van der Waals surface area (Å²) < 4.78 is 1.15. The zero-order chi connectivity index (χ0) is 13.6. The number of benzene rings is 1. The minimum atomic E-state index is 0.399. The van der Waals surface area contributed by atoms with Crippen LogP contribution in [-0.2, 0) is 0 Å². The van der Waals surface area contributed by atoms with Crippen molar-refractivity contribution in [3.8, 4) is 0 Å². The van der Waals surface area contributed by atoms with Gasteiger partial charge < -0.3 is 5.32 Å². The normalized spacial score (nSPS) is 22.8. The summed E-state index contributed by atoms with van der Waals surface area (Å²) in [6, 6.07) is 9.76. The molecule has 1 aliphatic rings. The second kappa shape index (κ2) is 4.64. The molecular weight excluding hydrogens is 286 g/mol. The third kappa shape index (κ3) is 2.25. The van der Waals surface area contributed by atoms with Crippen molar-refractivity contribution in [3.05, 3.63) is 34.3 Å².